The van der Waals surface area contributed by atoms with E-state index >= 15 is 0 Å². The molecule has 0 spiro atoms. The number of ether oxygens (including phenoxy) is 3. The van der Waals surface area contributed by atoms with Crippen LogP contribution in [0.4, 0.5) is 0 Å². The Hall–Kier alpha value is -2.95. The molecule has 0 radical (unpaired) electrons. The summed E-state index contributed by atoms with van der Waals surface area (Å²) < 4.78 is 16.1. The minimum Gasteiger partial charge on any atom is -0.503 e. The number of aliphatic carboxylic acids is 1. The van der Waals surface area contributed by atoms with E-state index in [-0.39, 0.29) is 5.57 Å². The zero-order valence-corrected chi connectivity index (χ0v) is 13.0. The Morgan fingerprint density at radius 3 is 2.57 bits per heavy atom. The predicted molar refractivity (Wildman–Crippen MR) is 86.7 cm³/mol. The van der Waals surface area contributed by atoms with Gasteiger partial charge in [-0.15, -0.1) is 0 Å². The van der Waals surface area contributed by atoms with Gasteiger partial charge in [0.15, 0.2) is 0 Å². The highest BCUT2D eigenvalue weighted by Crippen LogP contribution is 2.31. The largest absolute Gasteiger partial charge is 0.503 e. The quantitative estimate of drug-likeness (QED) is 0.619. The van der Waals surface area contributed by atoms with Crippen molar-refractivity contribution in [2.45, 2.75) is 6.92 Å². The second-order valence-electron chi connectivity index (χ2n) is 4.58. The molecule has 5 nitrogen and oxygen atoms in total. The first kappa shape index (κ1) is 16.4. The lowest BCUT2D eigenvalue weighted by molar-refractivity contribution is -0.130. The Bertz CT molecular complexity index is 706. The SMILES string of the molecule is CCOc1cccc(Oc2ccccc2/C(=C\OC)C(=O)O)c1. The van der Waals surface area contributed by atoms with Crippen molar-refractivity contribution >= 4 is 11.5 Å². The molecule has 0 aliphatic heterocycles. The minimum atomic E-state index is -1.09. The number of carboxylic acid groups (broad SMARTS) is 1. The van der Waals surface area contributed by atoms with Crippen molar-refractivity contribution in [3.8, 4) is 17.2 Å². The van der Waals surface area contributed by atoms with Gasteiger partial charge in [-0.05, 0) is 25.1 Å². The topological polar surface area (TPSA) is 65.0 Å². The van der Waals surface area contributed by atoms with Gasteiger partial charge in [0.05, 0.1) is 20.0 Å². The third-order valence-corrected chi connectivity index (χ3v) is 2.99. The minimum absolute atomic E-state index is 0.0177. The molecule has 0 amide bonds. The molecule has 0 atom stereocenters. The third-order valence-electron chi connectivity index (χ3n) is 2.99. The smallest absolute Gasteiger partial charge is 0.339 e. The molecule has 0 saturated carbocycles. The molecule has 5 heteroatoms. The first-order valence-corrected chi connectivity index (χ1v) is 7.12. The Kier molecular flexibility index (Phi) is 5.63. The van der Waals surface area contributed by atoms with Gasteiger partial charge in [0.2, 0.25) is 0 Å². The van der Waals surface area contributed by atoms with Gasteiger partial charge in [-0.3, -0.25) is 0 Å². The van der Waals surface area contributed by atoms with Crippen molar-refractivity contribution in [2.75, 3.05) is 13.7 Å². The molecular formula is C18H18O5. The van der Waals surface area contributed by atoms with Crippen LogP contribution in [0, 0.1) is 0 Å². The Labute approximate surface area is 134 Å². The van der Waals surface area contributed by atoms with Crippen molar-refractivity contribution in [1.82, 2.24) is 0 Å². The summed E-state index contributed by atoms with van der Waals surface area (Å²) >= 11 is 0. The Balaban J connectivity index is 2.36. The van der Waals surface area contributed by atoms with Crippen LogP contribution < -0.4 is 9.47 Å². The average Bonchev–Trinajstić information content (AvgIpc) is 2.54. The molecule has 23 heavy (non-hydrogen) atoms. The second kappa shape index (κ2) is 7.89. The van der Waals surface area contributed by atoms with Gasteiger partial charge < -0.3 is 19.3 Å². The fraction of sp³-hybridized carbons (Fsp3) is 0.167. The number of benzene rings is 2. The molecule has 0 aliphatic carbocycles. The number of carboxylic acids is 1. The zero-order chi connectivity index (χ0) is 16.7. The van der Waals surface area contributed by atoms with Gasteiger partial charge in [-0.2, -0.15) is 0 Å². The van der Waals surface area contributed by atoms with Crippen molar-refractivity contribution in [3.05, 3.63) is 60.4 Å². The third kappa shape index (κ3) is 4.26. The molecule has 0 fully saturated rings. The number of rotatable bonds is 7. The van der Waals surface area contributed by atoms with Crippen LogP contribution in [-0.2, 0) is 9.53 Å². The van der Waals surface area contributed by atoms with E-state index in [1.165, 1.54) is 13.4 Å². The second-order valence-corrected chi connectivity index (χ2v) is 4.58. The number of carbonyl (C=O) groups is 1. The summed E-state index contributed by atoms with van der Waals surface area (Å²) in [5.74, 6) is 0.580. The van der Waals surface area contributed by atoms with Gasteiger partial charge in [0.1, 0.15) is 22.8 Å². The number of para-hydroxylation sites is 1. The van der Waals surface area contributed by atoms with E-state index in [1.54, 1.807) is 36.4 Å². The molecule has 0 heterocycles. The van der Waals surface area contributed by atoms with Crippen LogP contribution in [0.1, 0.15) is 12.5 Å². The van der Waals surface area contributed by atoms with Crippen molar-refractivity contribution in [3.63, 3.8) is 0 Å². The summed E-state index contributed by atoms with van der Waals surface area (Å²) in [5.41, 5.74) is 0.452. The maximum absolute atomic E-state index is 11.4. The Morgan fingerprint density at radius 2 is 1.87 bits per heavy atom. The van der Waals surface area contributed by atoms with Crippen LogP contribution in [0.3, 0.4) is 0 Å². The van der Waals surface area contributed by atoms with Gasteiger partial charge >= 0.3 is 5.97 Å². The van der Waals surface area contributed by atoms with Crippen LogP contribution in [0.15, 0.2) is 54.8 Å². The van der Waals surface area contributed by atoms with Crippen LogP contribution in [0.5, 0.6) is 17.2 Å². The van der Waals surface area contributed by atoms with Gasteiger partial charge in [-0.25, -0.2) is 4.79 Å². The van der Waals surface area contributed by atoms with Crippen LogP contribution >= 0.6 is 0 Å². The molecule has 120 valence electrons. The van der Waals surface area contributed by atoms with E-state index in [0.29, 0.717) is 29.4 Å². The maximum Gasteiger partial charge on any atom is 0.339 e. The monoisotopic (exact) mass is 314 g/mol. The normalized spacial score (nSPS) is 11.0. The van der Waals surface area contributed by atoms with E-state index < -0.39 is 5.97 Å². The summed E-state index contributed by atoms with van der Waals surface area (Å²) in [6, 6.07) is 14.1. The summed E-state index contributed by atoms with van der Waals surface area (Å²) in [6.07, 6.45) is 1.18. The summed E-state index contributed by atoms with van der Waals surface area (Å²) in [6.45, 7) is 2.46. The molecular weight excluding hydrogens is 296 g/mol. The van der Waals surface area contributed by atoms with Gasteiger partial charge in [0.25, 0.3) is 0 Å². The number of hydrogen-bond donors (Lipinski definition) is 1. The van der Waals surface area contributed by atoms with E-state index in [2.05, 4.69) is 0 Å². The lowest BCUT2D eigenvalue weighted by Crippen LogP contribution is -2.02. The first-order chi connectivity index (χ1) is 11.2. The van der Waals surface area contributed by atoms with E-state index in [0.717, 1.165) is 0 Å². The zero-order valence-electron chi connectivity index (χ0n) is 13.0. The number of hydrogen-bond acceptors (Lipinski definition) is 4. The summed E-state index contributed by atoms with van der Waals surface area (Å²) in [5, 5.41) is 9.34. The lowest BCUT2D eigenvalue weighted by Gasteiger charge is -2.12. The first-order valence-electron chi connectivity index (χ1n) is 7.12. The molecule has 0 bridgehead atoms. The van der Waals surface area contributed by atoms with Crippen LogP contribution in [0.25, 0.3) is 5.57 Å². The standard InChI is InChI=1S/C18H18O5/c1-3-22-13-7-6-8-14(11-13)23-17-10-5-4-9-15(17)16(12-21-2)18(19)20/h4-12H,3H2,1-2H3,(H,19,20)/b16-12+. The lowest BCUT2D eigenvalue weighted by atomic mass is 10.1. The average molecular weight is 314 g/mol. The Morgan fingerprint density at radius 1 is 1.13 bits per heavy atom. The fourth-order valence-electron chi connectivity index (χ4n) is 2.05. The van der Waals surface area contributed by atoms with Crippen molar-refractivity contribution < 1.29 is 24.1 Å². The molecule has 2 aromatic rings. The molecule has 2 aromatic carbocycles. The summed E-state index contributed by atoms with van der Waals surface area (Å²) in [7, 11) is 1.40. The molecule has 1 N–H and O–H groups in total. The fourth-order valence-corrected chi connectivity index (χ4v) is 2.05. The molecule has 0 saturated heterocycles. The predicted octanol–water partition coefficient (Wildman–Crippen LogP) is 3.95. The highest BCUT2D eigenvalue weighted by atomic mass is 16.5. The maximum atomic E-state index is 11.4. The van der Waals surface area contributed by atoms with Crippen molar-refractivity contribution in [2.24, 2.45) is 0 Å². The van der Waals surface area contributed by atoms with Gasteiger partial charge in [0, 0.05) is 11.6 Å². The molecule has 0 aromatic heterocycles. The number of methoxy groups -OCH3 is 1. The highest BCUT2D eigenvalue weighted by molar-refractivity contribution is 6.15. The molecule has 0 aliphatic rings. The van der Waals surface area contributed by atoms with Crippen LogP contribution in [0.2, 0.25) is 0 Å². The molecule has 2 rings (SSSR count). The van der Waals surface area contributed by atoms with Crippen molar-refractivity contribution in [1.29, 1.82) is 0 Å². The van der Waals surface area contributed by atoms with E-state index in [9.17, 15) is 9.90 Å². The molecule has 0 unspecified atom stereocenters. The van der Waals surface area contributed by atoms with Gasteiger partial charge in [-0.1, -0.05) is 24.3 Å². The van der Waals surface area contributed by atoms with E-state index in [4.69, 9.17) is 14.2 Å². The highest BCUT2D eigenvalue weighted by Gasteiger charge is 2.16. The van der Waals surface area contributed by atoms with E-state index in [1.807, 2.05) is 19.1 Å². The summed E-state index contributed by atoms with van der Waals surface area (Å²) in [4.78, 5) is 11.4. The van der Waals surface area contributed by atoms with Crippen LogP contribution in [-0.4, -0.2) is 24.8 Å².